The third-order valence-electron chi connectivity index (χ3n) is 3.07. The molecule has 0 aliphatic carbocycles. The third kappa shape index (κ3) is 3.41. The van der Waals surface area contributed by atoms with Gasteiger partial charge in [-0.2, -0.15) is 0 Å². The van der Waals surface area contributed by atoms with Crippen molar-refractivity contribution >= 4 is 11.8 Å². The fourth-order valence-electron chi connectivity index (χ4n) is 2.08. The number of methoxy groups -OCH3 is 1. The van der Waals surface area contributed by atoms with E-state index in [9.17, 15) is 4.79 Å². The van der Waals surface area contributed by atoms with E-state index < -0.39 is 6.10 Å². The molecular formula is C13H19N3O3. The van der Waals surface area contributed by atoms with E-state index in [0.29, 0.717) is 13.2 Å². The van der Waals surface area contributed by atoms with Crippen LogP contribution in [-0.2, 0) is 20.7 Å². The number of esters is 1. The van der Waals surface area contributed by atoms with Gasteiger partial charge in [-0.3, -0.25) is 0 Å². The van der Waals surface area contributed by atoms with Gasteiger partial charge in [-0.05, 0) is 6.42 Å². The Balaban J connectivity index is 2.08. The van der Waals surface area contributed by atoms with Crippen molar-refractivity contribution in [2.75, 3.05) is 31.7 Å². The molecule has 1 unspecified atom stereocenters. The molecule has 6 heteroatoms. The van der Waals surface area contributed by atoms with Crippen molar-refractivity contribution in [3.8, 4) is 0 Å². The molecular weight excluding hydrogens is 246 g/mol. The van der Waals surface area contributed by atoms with Crippen molar-refractivity contribution in [2.45, 2.75) is 25.9 Å². The van der Waals surface area contributed by atoms with E-state index >= 15 is 0 Å². The van der Waals surface area contributed by atoms with Crippen LogP contribution in [0.25, 0.3) is 0 Å². The quantitative estimate of drug-likeness (QED) is 0.751. The van der Waals surface area contributed by atoms with Gasteiger partial charge in [0.05, 0.1) is 20.3 Å². The van der Waals surface area contributed by atoms with Crippen LogP contribution >= 0.6 is 0 Å². The van der Waals surface area contributed by atoms with Crippen molar-refractivity contribution in [3.63, 3.8) is 0 Å². The number of rotatable bonds is 4. The zero-order chi connectivity index (χ0) is 13.7. The Morgan fingerprint density at radius 1 is 1.58 bits per heavy atom. The van der Waals surface area contributed by atoms with Crippen molar-refractivity contribution < 1.29 is 14.3 Å². The van der Waals surface area contributed by atoms with E-state index in [1.54, 1.807) is 6.33 Å². The second-order valence-corrected chi connectivity index (χ2v) is 4.45. The number of hydrogen-bond acceptors (Lipinski definition) is 6. The number of ether oxygens (including phenoxy) is 2. The molecule has 2 heterocycles. The van der Waals surface area contributed by atoms with Crippen molar-refractivity contribution in [1.29, 1.82) is 0 Å². The van der Waals surface area contributed by atoms with E-state index in [4.69, 9.17) is 9.47 Å². The van der Waals surface area contributed by atoms with E-state index in [1.165, 1.54) is 7.11 Å². The lowest BCUT2D eigenvalue weighted by molar-refractivity contribution is -0.154. The predicted octanol–water partition coefficient (Wildman–Crippen LogP) is 0.807. The van der Waals surface area contributed by atoms with Crippen LogP contribution in [0.1, 0.15) is 19.0 Å². The Kier molecular flexibility index (Phi) is 4.68. The highest BCUT2D eigenvalue weighted by atomic mass is 16.6. The predicted molar refractivity (Wildman–Crippen MR) is 70.0 cm³/mol. The van der Waals surface area contributed by atoms with Crippen LogP contribution in [0.3, 0.4) is 0 Å². The summed E-state index contributed by atoms with van der Waals surface area (Å²) in [4.78, 5) is 22.0. The van der Waals surface area contributed by atoms with E-state index in [-0.39, 0.29) is 5.97 Å². The highest BCUT2D eigenvalue weighted by Crippen LogP contribution is 2.16. The van der Waals surface area contributed by atoms with Crippen LogP contribution in [-0.4, -0.2) is 48.8 Å². The monoisotopic (exact) mass is 265 g/mol. The van der Waals surface area contributed by atoms with Gasteiger partial charge in [-0.1, -0.05) is 13.3 Å². The first-order valence-electron chi connectivity index (χ1n) is 6.50. The summed E-state index contributed by atoms with van der Waals surface area (Å²) in [6.07, 6.45) is 3.01. The molecule has 2 rings (SSSR count). The molecule has 1 fully saturated rings. The largest absolute Gasteiger partial charge is 0.467 e. The van der Waals surface area contributed by atoms with Gasteiger partial charge in [0, 0.05) is 18.3 Å². The van der Waals surface area contributed by atoms with Gasteiger partial charge in [0.25, 0.3) is 0 Å². The summed E-state index contributed by atoms with van der Waals surface area (Å²) in [6.45, 7) is 3.79. The lowest BCUT2D eigenvalue weighted by Crippen LogP contribution is -2.46. The van der Waals surface area contributed by atoms with E-state index in [0.717, 1.165) is 30.9 Å². The van der Waals surface area contributed by atoms with E-state index in [1.807, 2.05) is 11.0 Å². The number of carbonyl (C=O) groups excluding carboxylic acids is 1. The van der Waals surface area contributed by atoms with Crippen LogP contribution in [0.4, 0.5) is 5.82 Å². The van der Waals surface area contributed by atoms with Crippen molar-refractivity contribution in [1.82, 2.24) is 9.97 Å². The number of morpholine rings is 1. The smallest absolute Gasteiger partial charge is 0.336 e. The number of aryl methyl sites for hydroxylation is 1. The zero-order valence-corrected chi connectivity index (χ0v) is 11.3. The minimum atomic E-state index is -0.539. The zero-order valence-electron chi connectivity index (χ0n) is 11.3. The summed E-state index contributed by atoms with van der Waals surface area (Å²) in [5.74, 6) is 0.503. The normalized spacial score (nSPS) is 19.3. The molecule has 0 amide bonds. The molecule has 19 heavy (non-hydrogen) atoms. The summed E-state index contributed by atoms with van der Waals surface area (Å²) in [6, 6.07) is 1.98. The van der Waals surface area contributed by atoms with Crippen LogP contribution in [0.15, 0.2) is 12.4 Å². The minimum Gasteiger partial charge on any atom is -0.467 e. The van der Waals surface area contributed by atoms with Crippen LogP contribution in [0.2, 0.25) is 0 Å². The fourth-order valence-corrected chi connectivity index (χ4v) is 2.08. The molecule has 1 saturated heterocycles. The van der Waals surface area contributed by atoms with Gasteiger partial charge in [0.2, 0.25) is 0 Å². The maximum Gasteiger partial charge on any atom is 0.336 e. The molecule has 0 bridgehead atoms. The first-order chi connectivity index (χ1) is 9.24. The SMILES string of the molecule is CCCc1cc(N2CCOC(C(=O)OC)C2)ncn1. The van der Waals surface area contributed by atoms with Crippen LogP contribution < -0.4 is 4.90 Å². The summed E-state index contributed by atoms with van der Waals surface area (Å²) in [5, 5.41) is 0. The summed E-state index contributed by atoms with van der Waals surface area (Å²) in [5.41, 5.74) is 1.02. The maximum atomic E-state index is 11.5. The Labute approximate surface area is 112 Å². The lowest BCUT2D eigenvalue weighted by atomic mass is 10.2. The number of aromatic nitrogens is 2. The Hall–Kier alpha value is -1.69. The molecule has 104 valence electrons. The average molecular weight is 265 g/mol. The van der Waals surface area contributed by atoms with Crippen LogP contribution in [0, 0.1) is 0 Å². The maximum absolute atomic E-state index is 11.5. The Morgan fingerprint density at radius 3 is 3.16 bits per heavy atom. The molecule has 1 aromatic heterocycles. The Bertz CT molecular complexity index is 439. The third-order valence-corrected chi connectivity index (χ3v) is 3.07. The van der Waals surface area contributed by atoms with Gasteiger partial charge < -0.3 is 14.4 Å². The van der Waals surface area contributed by atoms with Gasteiger partial charge in [-0.15, -0.1) is 0 Å². The topological polar surface area (TPSA) is 64.5 Å². The van der Waals surface area contributed by atoms with Gasteiger partial charge in [0.15, 0.2) is 6.10 Å². The number of nitrogens with zero attached hydrogens (tertiary/aromatic N) is 3. The summed E-state index contributed by atoms with van der Waals surface area (Å²) < 4.78 is 10.1. The van der Waals surface area contributed by atoms with Crippen molar-refractivity contribution in [3.05, 3.63) is 18.1 Å². The molecule has 0 saturated carbocycles. The van der Waals surface area contributed by atoms with Gasteiger partial charge in [-0.25, -0.2) is 14.8 Å². The molecule has 0 N–H and O–H groups in total. The van der Waals surface area contributed by atoms with Crippen LogP contribution in [0.5, 0.6) is 0 Å². The average Bonchev–Trinajstić information content (AvgIpc) is 2.47. The minimum absolute atomic E-state index is 0.340. The second-order valence-electron chi connectivity index (χ2n) is 4.45. The second kappa shape index (κ2) is 6.47. The van der Waals surface area contributed by atoms with Gasteiger partial charge >= 0.3 is 5.97 Å². The standard InChI is InChI=1S/C13H19N3O3/c1-3-4-10-7-12(15-9-14-10)16-5-6-19-11(8-16)13(17)18-2/h7,9,11H,3-6,8H2,1-2H3. The van der Waals surface area contributed by atoms with E-state index in [2.05, 4.69) is 16.9 Å². The lowest BCUT2D eigenvalue weighted by Gasteiger charge is -2.32. The van der Waals surface area contributed by atoms with Gasteiger partial charge in [0.1, 0.15) is 12.1 Å². The molecule has 1 aliphatic rings. The number of hydrogen-bond donors (Lipinski definition) is 0. The molecule has 0 spiro atoms. The molecule has 1 atom stereocenters. The van der Waals surface area contributed by atoms with Crippen molar-refractivity contribution in [2.24, 2.45) is 0 Å². The first-order valence-corrected chi connectivity index (χ1v) is 6.50. The summed E-state index contributed by atoms with van der Waals surface area (Å²) in [7, 11) is 1.37. The molecule has 6 nitrogen and oxygen atoms in total. The molecule has 0 radical (unpaired) electrons. The molecule has 1 aromatic rings. The summed E-state index contributed by atoms with van der Waals surface area (Å²) >= 11 is 0. The fraction of sp³-hybridized carbons (Fsp3) is 0.615. The number of anilines is 1. The highest BCUT2D eigenvalue weighted by Gasteiger charge is 2.28. The first kappa shape index (κ1) is 13.7. The number of carbonyl (C=O) groups is 1. The highest BCUT2D eigenvalue weighted by molar-refractivity contribution is 5.75. The molecule has 1 aliphatic heterocycles. The molecule has 0 aromatic carbocycles. The Morgan fingerprint density at radius 2 is 2.42 bits per heavy atom.